The minimum atomic E-state index is 0.0127. The van der Waals surface area contributed by atoms with E-state index < -0.39 is 0 Å². The summed E-state index contributed by atoms with van der Waals surface area (Å²) in [6, 6.07) is 10.00. The van der Waals surface area contributed by atoms with Gasteiger partial charge in [-0.1, -0.05) is 35.5 Å². The fourth-order valence-electron chi connectivity index (χ4n) is 2.19. The Balaban J connectivity index is 1.96. The number of hydrogen-bond donors (Lipinski definition) is 3. The molecule has 1 unspecified atom stereocenters. The Labute approximate surface area is 124 Å². The summed E-state index contributed by atoms with van der Waals surface area (Å²) in [5.41, 5.74) is 7.90. The zero-order valence-corrected chi connectivity index (χ0v) is 12.1. The quantitative estimate of drug-likeness (QED) is 0.313. The topological polar surface area (TPSA) is 88.5 Å². The van der Waals surface area contributed by atoms with Gasteiger partial charge in [0.15, 0.2) is 0 Å². The standard InChI is InChI=1S/C15H21N5O/c1-12-10-18-20(11-12)8-7-17-14(9-15(16)19-21)13-5-3-2-4-6-13/h2-6,10-11,14,17,21H,7-9H2,1H3,(H2,16,19). The maximum Gasteiger partial charge on any atom is 0.141 e. The third-order valence-corrected chi connectivity index (χ3v) is 3.24. The van der Waals surface area contributed by atoms with E-state index >= 15 is 0 Å². The Morgan fingerprint density at radius 2 is 2.19 bits per heavy atom. The van der Waals surface area contributed by atoms with E-state index in [1.807, 2.05) is 54.3 Å². The second kappa shape index (κ2) is 7.44. The number of nitrogens with one attached hydrogen (secondary N) is 1. The Kier molecular flexibility index (Phi) is 5.34. The van der Waals surface area contributed by atoms with Crippen LogP contribution in [-0.4, -0.2) is 27.4 Å². The van der Waals surface area contributed by atoms with E-state index in [0.717, 1.165) is 24.2 Å². The van der Waals surface area contributed by atoms with E-state index in [2.05, 4.69) is 15.6 Å². The maximum atomic E-state index is 8.76. The molecule has 0 aliphatic carbocycles. The fourth-order valence-corrected chi connectivity index (χ4v) is 2.19. The van der Waals surface area contributed by atoms with Gasteiger partial charge >= 0.3 is 0 Å². The fraction of sp³-hybridized carbons (Fsp3) is 0.333. The maximum absolute atomic E-state index is 8.76. The summed E-state index contributed by atoms with van der Waals surface area (Å²) >= 11 is 0. The van der Waals surface area contributed by atoms with Crippen LogP contribution in [0.25, 0.3) is 0 Å². The van der Waals surface area contributed by atoms with Gasteiger partial charge in [-0.25, -0.2) is 0 Å². The molecule has 4 N–H and O–H groups in total. The van der Waals surface area contributed by atoms with Crippen molar-refractivity contribution in [2.24, 2.45) is 10.9 Å². The number of rotatable bonds is 7. The zero-order valence-electron chi connectivity index (χ0n) is 12.1. The van der Waals surface area contributed by atoms with Gasteiger partial charge in [0.1, 0.15) is 5.84 Å². The van der Waals surface area contributed by atoms with Gasteiger partial charge in [-0.05, 0) is 18.1 Å². The van der Waals surface area contributed by atoms with Gasteiger partial charge in [0.05, 0.1) is 12.7 Å². The number of hydrogen-bond acceptors (Lipinski definition) is 4. The Morgan fingerprint density at radius 3 is 2.81 bits per heavy atom. The molecule has 0 amide bonds. The Bertz CT molecular complexity index is 579. The third-order valence-electron chi connectivity index (χ3n) is 3.24. The van der Waals surface area contributed by atoms with Crippen molar-refractivity contribution in [1.29, 1.82) is 0 Å². The van der Waals surface area contributed by atoms with Gasteiger partial charge in [-0.2, -0.15) is 5.10 Å². The number of aryl methyl sites for hydroxylation is 1. The number of amidine groups is 1. The highest BCUT2D eigenvalue weighted by Gasteiger charge is 2.12. The molecule has 21 heavy (non-hydrogen) atoms. The summed E-state index contributed by atoms with van der Waals surface area (Å²) in [6.07, 6.45) is 4.30. The molecule has 2 aromatic rings. The van der Waals surface area contributed by atoms with Crippen molar-refractivity contribution < 1.29 is 5.21 Å². The molecule has 0 saturated heterocycles. The summed E-state index contributed by atoms with van der Waals surface area (Å²) in [4.78, 5) is 0. The third kappa shape index (κ3) is 4.61. The van der Waals surface area contributed by atoms with E-state index in [9.17, 15) is 0 Å². The van der Waals surface area contributed by atoms with Crippen molar-refractivity contribution in [3.8, 4) is 0 Å². The van der Waals surface area contributed by atoms with Crippen molar-refractivity contribution in [3.63, 3.8) is 0 Å². The van der Waals surface area contributed by atoms with Crippen molar-refractivity contribution >= 4 is 5.84 Å². The number of oxime groups is 1. The Morgan fingerprint density at radius 1 is 1.43 bits per heavy atom. The highest BCUT2D eigenvalue weighted by molar-refractivity contribution is 5.80. The van der Waals surface area contributed by atoms with E-state index in [4.69, 9.17) is 10.9 Å². The SMILES string of the molecule is Cc1cnn(CCNC(C/C(N)=N/O)c2ccccc2)c1. The molecule has 0 aliphatic heterocycles. The first-order valence-electron chi connectivity index (χ1n) is 6.93. The van der Waals surface area contributed by atoms with Crippen LogP contribution in [0.15, 0.2) is 47.9 Å². The van der Waals surface area contributed by atoms with E-state index in [1.165, 1.54) is 0 Å². The average Bonchev–Trinajstić information content (AvgIpc) is 2.92. The van der Waals surface area contributed by atoms with Gasteiger partial charge < -0.3 is 16.3 Å². The lowest BCUT2D eigenvalue weighted by molar-refractivity contribution is 0.315. The molecule has 2 rings (SSSR count). The molecule has 1 atom stereocenters. The second-order valence-corrected chi connectivity index (χ2v) is 4.99. The van der Waals surface area contributed by atoms with E-state index in [0.29, 0.717) is 6.42 Å². The summed E-state index contributed by atoms with van der Waals surface area (Å²) in [5.74, 6) is 0.214. The van der Waals surface area contributed by atoms with Gasteiger partial charge in [-0.3, -0.25) is 4.68 Å². The first-order chi connectivity index (χ1) is 10.2. The summed E-state index contributed by atoms with van der Waals surface area (Å²) in [5, 5.41) is 19.5. The summed E-state index contributed by atoms with van der Waals surface area (Å²) < 4.78 is 1.90. The molecule has 1 aromatic heterocycles. The largest absolute Gasteiger partial charge is 0.409 e. The zero-order chi connectivity index (χ0) is 15.1. The van der Waals surface area contributed by atoms with Crippen LogP contribution in [0.4, 0.5) is 0 Å². The van der Waals surface area contributed by atoms with Crippen molar-refractivity contribution in [2.75, 3.05) is 6.54 Å². The lowest BCUT2D eigenvalue weighted by atomic mass is 10.0. The minimum absolute atomic E-state index is 0.0127. The number of nitrogens with two attached hydrogens (primary N) is 1. The lowest BCUT2D eigenvalue weighted by Gasteiger charge is -2.18. The highest BCUT2D eigenvalue weighted by atomic mass is 16.4. The predicted molar refractivity (Wildman–Crippen MR) is 82.2 cm³/mol. The van der Waals surface area contributed by atoms with Crippen molar-refractivity contribution in [3.05, 3.63) is 53.9 Å². The minimum Gasteiger partial charge on any atom is -0.409 e. The van der Waals surface area contributed by atoms with Crippen LogP contribution < -0.4 is 11.1 Å². The van der Waals surface area contributed by atoms with Crippen LogP contribution in [0.5, 0.6) is 0 Å². The summed E-state index contributed by atoms with van der Waals surface area (Å²) in [7, 11) is 0. The van der Waals surface area contributed by atoms with E-state index in [-0.39, 0.29) is 11.9 Å². The molecule has 1 heterocycles. The molecule has 0 radical (unpaired) electrons. The normalized spacial score (nSPS) is 13.3. The average molecular weight is 287 g/mol. The summed E-state index contributed by atoms with van der Waals surface area (Å²) in [6.45, 7) is 3.54. The molecular formula is C15H21N5O. The van der Waals surface area contributed by atoms with Gasteiger partial charge in [0.25, 0.3) is 0 Å². The smallest absolute Gasteiger partial charge is 0.141 e. The van der Waals surface area contributed by atoms with Gasteiger partial charge in [-0.15, -0.1) is 0 Å². The van der Waals surface area contributed by atoms with E-state index in [1.54, 1.807) is 0 Å². The molecule has 6 nitrogen and oxygen atoms in total. The Hall–Kier alpha value is -2.34. The highest BCUT2D eigenvalue weighted by Crippen LogP contribution is 2.16. The molecular weight excluding hydrogens is 266 g/mol. The molecule has 0 bridgehead atoms. The number of aromatic nitrogens is 2. The first-order valence-corrected chi connectivity index (χ1v) is 6.93. The molecule has 0 saturated carbocycles. The van der Waals surface area contributed by atoms with Crippen LogP contribution in [-0.2, 0) is 6.54 Å². The predicted octanol–water partition coefficient (Wildman–Crippen LogP) is 1.66. The van der Waals surface area contributed by atoms with Crippen LogP contribution in [0, 0.1) is 6.92 Å². The molecule has 6 heteroatoms. The molecule has 112 valence electrons. The molecule has 1 aromatic carbocycles. The second-order valence-electron chi connectivity index (χ2n) is 4.99. The molecule has 0 aliphatic rings. The van der Waals surface area contributed by atoms with Crippen molar-refractivity contribution in [2.45, 2.75) is 25.9 Å². The monoisotopic (exact) mass is 287 g/mol. The van der Waals surface area contributed by atoms with Crippen LogP contribution in [0.1, 0.15) is 23.6 Å². The van der Waals surface area contributed by atoms with Crippen LogP contribution in [0.3, 0.4) is 0 Å². The lowest BCUT2D eigenvalue weighted by Crippen LogP contribution is -2.29. The van der Waals surface area contributed by atoms with Crippen molar-refractivity contribution in [1.82, 2.24) is 15.1 Å². The molecule has 0 fully saturated rings. The first kappa shape index (κ1) is 15.1. The number of nitrogens with zero attached hydrogens (tertiary/aromatic N) is 3. The number of benzene rings is 1. The van der Waals surface area contributed by atoms with Gasteiger partial charge in [0.2, 0.25) is 0 Å². The molecule has 0 spiro atoms. The van der Waals surface area contributed by atoms with Crippen LogP contribution >= 0.6 is 0 Å². The van der Waals surface area contributed by atoms with Gasteiger partial charge in [0, 0.05) is 25.2 Å². The van der Waals surface area contributed by atoms with Crippen LogP contribution in [0.2, 0.25) is 0 Å².